The summed E-state index contributed by atoms with van der Waals surface area (Å²) in [5.74, 6) is 0. The molecule has 0 aliphatic heterocycles. The molecule has 42 heavy (non-hydrogen) atoms. The predicted octanol–water partition coefficient (Wildman–Crippen LogP) is 7.43. The molecule has 0 saturated heterocycles. The van der Waals surface area contributed by atoms with Crippen LogP contribution in [0.4, 0.5) is 22.7 Å². The Hall–Kier alpha value is -5.27. The molecule has 0 bridgehead atoms. The van der Waals surface area contributed by atoms with Gasteiger partial charge in [0.05, 0.1) is 17.4 Å². The summed E-state index contributed by atoms with van der Waals surface area (Å²) < 4.78 is 9.08. The van der Waals surface area contributed by atoms with Gasteiger partial charge in [-0.2, -0.15) is 8.75 Å². The van der Waals surface area contributed by atoms with E-state index in [4.69, 9.17) is 0 Å². The van der Waals surface area contributed by atoms with Gasteiger partial charge < -0.3 is 4.90 Å². The first-order valence-corrected chi connectivity index (χ1v) is 14.3. The van der Waals surface area contributed by atoms with Crippen LogP contribution in [0.5, 0.6) is 0 Å². The second kappa shape index (κ2) is 10.3. The maximum absolute atomic E-state index is 12.7. The fraction of sp³-hybridized carbons (Fsp3) is 0.0571. The van der Waals surface area contributed by atoms with Crippen molar-refractivity contribution in [2.45, 2.75) is 13.8 Å². The van der Waals surface area contributed by atoms with Gasteiger partial charge in [-0.15, -0.1) is 0 Å². The highest BCUT2D eigenvalue weighted by molar-refractivity contribution is 7.00. The smallest absolute Gasteiger partial charge is 0.252 e. The van der Waals surface area contributed by atoms with E-state index in [-0.39, 0.29) is 5.36 Å². The molecule has 202 valence electrons. The molecule has 1 aromatic heterocycles. The Morgan fingerprint density at radius 1 is 0.595 bits per heavy atom. The van der Waals surface area contributed by atoms with Crippen molar-refractivity contribution < 1.29 is 0 Å². The number of nitrogens with zero attached hydrogens (tertiary/aromatic N) is 4. The summed E-state index contributed by atoms with van der Waals surface area (Å²) >= 11 is 1.10. The SMILES string of the molecule is Cc1ccc(N(c2ccc(C)cc2)c2ccc(-c3ccc(/N=c4\c(=O)c(=O)c5ccccc45)c4nsnc34)cc2)cc1. The molecular weight excluding hydrogens is 540 g/mol. The van der Waals surface area contributed by atoms with Gasteiger partial charge in [0.15, 0.2) is 0 Å². The van der Waals surface area contributed by atoms with Gasteiger partial charge in [0.1, 0.15) is 16.4 Å². The van der Waals surface area contributed by atoms with E-state index in [2.05, 4.69) is 105 Å². The van der Waals surface area contributed by atoms with Crippen LogP contribution in [-0.4, -0.2) is 8.75 Å². The molecular formula is C35H24N4O2S. The highest BCUT2D eigenvalue weighted by atomic mass is 32.1. The molecule has 0 saturated carbocycles. The van der Waals surface area contributed by atoms with Gasteiger partial charge in [-0.25, -0.2) is 4.99 Å². The van der Waals surface area contributed by atoms with E-state index in [1.54, 1.807) is 24.3 Å². The van der Waals surface area contributed by atoms with E-state index in [1.165, 1.54) is 11.1 Å². The third-order valence-corrected chi connectivity index (χ3v) is 8.02. The summed E-state index contributed by atoms with van der Waals surface area (Å²) in [6.45, 7) is 4.17. The van der Waals surface area contributed by atoms with Crippen LogP contribution in [-0.2, 0) is 0 Å². The number of aryl methyl sites for hydroxylation is 2. The molecule has 6 aromatic carbocycles. The highest BCUT2D eigenvalue weighted by Gasteiger charge is 2.16. The predicted molar refractivity (Wildman–Crippen MR) is 171 cm³/mol. The fourth-order valence-corrected chi connectivity index (χ4v) is 5.84. The van der Waals surface area contributed by atoms with Crippen LogP contribution in [0.1, 0.15) is 11.1 Å². The Bertz CT molecular complexity index is 2200. The van der Waals surface area contributed by atoms with Crippen LogP contribution in [0.3, 0.4) is 0 Å². The monoisotopic (exact) mass is 564 g/mol. The molecule has 0 radical (unpaired) electrons. The van der Waals surface area contributed by atoms with Gasteiger partial charge in [-0.3, -0.25) is 9.59 Å². The van der Waals surface area contributed by atoms with Crippen molar-refractivity contribution in [1.29, 1.82) is 0 Å². The van der Waals surface area contributed by atoms with Gasteiger partial charge in [0, 0.05) is 33.4 Å². The van der Waals surface area contributed by atoms with E-state index in [0.717, 1.165) is 39.9 Å². The Balaban J connectivity index is 1.30. The lowest BCUT2D eigenvalue weighted by Gasteiger charge is -2.26. The van der Waals surface area contributed by atoms with Crippen LogP contribution < -0.4 is 21.1 Å². The van der Waals surface area contributed by atoms with Crippen molar-refractivity contribution in [2.24, 2.45) is 4.99 Å². The lowest BCUT2D eigenvalue weighted by molar-refractivity contribution is 1.27. The quantitative estimate of drug-likeness (QED) is 0.203. The number of rotatable bonds is 5. The molecule has 0 N–H and O–H groups in total. The van der Waals surface area contributed by atoms with Crippen LogP contribution in [0, 0.1) is 13.8 Å². The standard InChI is InChI=1S/C35H24N4O2S/c1-21-7-13-24(14-8-21)39(25-15-9-22(2)10-16-25)26-17-11-23(12-18-26)27-19-20-30(33-31(27)37-42-38-33)36-32-28-5-3-4-6-29(28)34(40)35(32)41/h3-20H,1-2H3/b36-32-. The minimum Gasteiger partial charge on any atom is -0.311 e. The van der Waals surface area contributed by atoms with Crippen LogP contribution in [0.25, 0.3) is 32.9 Å². The molecule has 0 amide bonds. The Labute approximate surface area is 245 Å². The summed E-state index contributed by atoms with van der Waals surface area (Å²) in [6, 6.07) is 36.1. The molecule has 0 unspecified atom stereocenters. The molecule has 6 nitrogen and oxygen atoms in total. The summed E-state index contributed by atoms with van der Waals surface area (Å²) in [5, 5.41) is 1.08. The van der Waals surface area contributed by atoms with Crippen molar-refractivity contribution in [1.82, 2.24) is 8.75 Å². The minimum absolute atomic E-state index is 0.148. The van der Waals surface area contributed by atoms with E-state index < -0.39 is 10.9 Å². The van der Waals surface area contributed by atoms with Crippen molar-refractivity contribution in [3.63, 3.8) is 0 Å². The molecule has 0 spiro atoms. The van der Waals surface area contributed by atoms with E-state index >= 15 is 0 Å². The second-order valence-electron chi connectivity index (χ2n) is 10.3. The Morgan fingerprint density at radius 3 is 1.76 bits per heavy atom. The van der Waals surface area contributed by atoms with Crippen molar-refractivity contribution in [2.75, 3.05) is 4.90 Å². The van der Waals surface area contributed by atoms with Crippen LogP contribution in [0.2, 0.25) is 0 Å². The third kappa shape index (κ3) is 4.40. The number of aromatic nitrogens is 2. The molecule has 7 rings (SSSR count). The van der Waals surface area contributed by atoms with Crippen LogP contribution in [0.15, 0.2) is 124 Å². The average molecular weight is 565 g/mol. The summed E-state index contributed by atoms with van der Waals surface area (Å²) in [6.07, 6.45) is 0. The summed E-state index contributed by atoms with van der Waals surface area (Å²) in [5.41, 5.74) is 8.19. The van der Waals surface area contributed by atoms with E-state index in [9.17, 15) is 9.59 Å². The number of benzene rings is 5. The third-order valence-electron chi connectivity index (χ3n) is 7.50. The van der Waals surface area contributed by atoms with Crippen molar-refractivity contribution >= 4 is 56.3 Å². The van der Waals surface area contributed by atoms with E-state index in [1.807, 2.05) is 12.1 Å². The lowest BCUT2D eigenvalue weighted by Crippen LogP contribution is -2.30. The first kappa shape index (κ1) is 25.7. The number of hydrogen-bond acceptors (Lipinski definition) is 7. The van der Waals surface area contributed by atoms with Crippen molar-refractivity contribution in [3.8, 4) is 11.1 Å². The molecule has 0 fully saturated rings. The molecule has 0 atom stereocenters. The first-order valence-electron chi connectivity index (χ1n) is 13.5. The van der Waals surface area contributed by atoms with E-state index in [0.29, 0.717) is 27.5 Å². The maximum Gasteiger partial charge on any atom is 0.252 e. The average Bonchev–Trinajstić information content (AvgIpc) is 3.60. The van der Waals surface area contributed by atoms with Crippen LogP contribution >= 0.6 is 11.7 Å². The van der Waals surface area contributed by atoms with Gasteiger partial charge >= 0.3 is 0 Å². The zero-order valence-corrected chi connectivity index (χ0v) is 23.7. The number of hydrogen-bond donors (Lipinski definition) is 0. The fourth-order valence-electron chi connectivity index (χ4n) is 5.27. The second-order valence-corrected chi connectivity index (χ2v) is 10.8. The van der Waals surface area contributed by atoms with Gasteiger partial charge in [0.25, 0.3) is 5.43 Å². The lowest BCUT2D eigenvalue weighted by atomic mass is 10.0. The molecule has 7 aromatic rings. The molecule has 1 heterocycles. The summed E-state index contributed by atoms with van der Waals surface area (Å²) in [7, 11) is 0. The van der Waals surface area contributed by atoms with Gasteiger partial charge in [-0.05, 0) is 67.9 Å². The summed E-state index contributed by atoms with van der Waals surface area (Å²) in [4.78, 5) is 32.1. The Morgan fingerprint density at radius 2 is 1.14 bits per heavy atom. The zero-order valence-electron chi connectivity index (χ0n) is 22.9. The first-order chi connectivity index (χ1) is 20.5. The number of fused-ring (bicyclic) bond motifs is 2. The highest BCUT2D eigenvalue weighted by Crippen LogP contribution is 2.38. The van der Waals surface area contributed by atoms with Gasteiger partial charge in [-0.1, -0.05) is 71.8 Å². The minimum atomic E-state index is -0.598. The zero-order chi connectivity index (χ0) is 28.8. The normalized spacial score (nSPS) is 11.9. The topological polar surface area (TPSA) is 75.5 Å². The van der Waals surface area contributed by atoms with Gasteiger partial charge in [0.2, 0.25) is 5.43 Å². The van der Waals surface area contributed by atoms with Crippen molar-refractivity contribution in [3.05, 3.63) is 146 Å². The molecule has 0 aliphatic carbocycles. The molecule has 7 heteroatoms. The maximum atomic E-state index is 12.7. The Kier molecular flexibility index (Phi) is 6.29. The number of anilines is 3. The largest absolute Gasteiger partial charge is 0.311 e. The molecule has 0 aliphatic rings.